The predicted octanol–water partition coefficient (Wildman–Crippen LogP) is 0.388. The van der Waals surface area contributed by atoms with E-state index in [2.05, 4.69) is 9.47 Å². The lowest BCUT2D eigenvalue weighted by Gasteiger charge is -2.11. The fourth-order valence-corrected chi connectivity index (χ4v) is 3.28. The molecule has 0 saturated heterocycles. The molecule has 0 saturated carbocycles. The molecule has 0 atom stereocenters. The van der Waals surface area contributed by atoms with Crippen LogP contribution in [0.5, 0.6) is 0 Å². The van der Waals surface area contributed by atoms with Gasteiger partial charge in [-0.25, -0.2) is 0 Å². The molecule has 0 spiro atoms. The Morgan fingerprint density at radius 2 is 1.14 bits per heavy atom. The third-order valence-electron chi connectivity index (χ3n) is 1.77. The summed E-state index contributed by atoms with van der Waals surface area (Å²) in [4.78, 5) is 0. The lowest BCUT2D eigenvalue weighted by molar-refractivity contribution is -0.238. The molecule has 0 aromatic rings. The second-order valence-corrected chi connectivity index (χ2v) is 6.96. The lowest BCUT2D eigenvalue weighted by Crippen LogP contribution is -2.45. The number of alkyl halides is 6. The molecule has 0 bridgehead atoms. The molecule has 0 aliphatic heterocycles. The van der Waals surface area contributed by atoms with Crippen LogP contribution in [0.2, 0.25) is 0 Å². The lowest BCUT2D eigenvalue weighted by atomic mass is 10.7. The Kier molecular flexibility index (Phi) is 5.79. The summed E-state index contributed by atoms with van der Waals surface area (Å²) < 4.78 is 124. The highest BCUT2D eigenvalue weighted by Gasteiger charge is 2.67. The van der Waals surface area contributed by atoms with Crippen molar-refractivity contribution in [3.8, 4) is 0 Å². The molecule has 0 rings (SSSR count). The normalized spacial score (nSPS) is 14.3. The summed E-state index contributed by atoms with van der Waals surface area (Å²) in [6.07, 6.45) is -2.62. The molecule has 0 heterocycles. The predicted molar refractivity (Wildman–Crippen MR) is 54.1 cm³/mol. The van der Waals surface area contributed by atoms with E-state index in [0.29, 0.717) is 0 Å². The van der Waals surface area contributed by atoms with Gasteiger partial charge in [0.15, 0.2) is 0 Å². The Labute approximate surface area is 114 Å². The zero-order valence-electron chi connectivity index (χ0n) is 10.1. The largest absolute Gasteiger partial charge is 0.561 e. The highest BCUT2D eigenvalue weighted by atomic mass is 32.3. The van der Waals surface area contributed by atoms with Gasteiger partial charge in [-0.1, -0.05) is 0 Å². The molecule has 21 heavy (non-hydrogen) atoms. The first kappa shape index (κ1) is 20.1. The van der Waals surface area contributed by atoms with Crippen LogP contribution in [0, 0.1) is 0 Å². The Hall–Kier alpha value is -0.930. The van der Waals surface area contributed by atoms with Gasteiger partial charge in [-0.05, 0) is 0 Å². The van der Waals surface area contributed by atoms with Gasteiger partial charge in [-0.2, -0.15) is 43.2 Å². The molecule has 0 aromatic heterocycles. The van der Waals surface area contributed by atoms with Crippen molar-refractivity contribution in [2.75, 3.05) is 14.2 Å². The average Bonchev–Trinajstić information content (AvgIpc) is 2.26. The van der Waals surface area contributed by atoms with Gasteiger partial charge >= 0.3 is 31.1 Å². The molecule has 0 N–H and O–H groups in total. The van der Waals surface area contributed by atoms with Gasteiger partial charge in [-0.15, -0.1) is 0 Å². The molecule has 0 aliphatic carbocycles. The minimum absolute atomic E-state index is 0.522. The number of rotatable bonds is 5. The summed E-state index contributed by atoms with van der Waals surface area (Å²) in [6.45, 7) is 0. The van der Waals surface area contributed by atoms with E-state index in [0.717, 1.165) is 14.2 Å². The van der Waals surface area contributed by atoms with Crippen molar-refractivity contribution in [1.82, 2.24) is 0 Å². The zero-order valence-corrected chi connectivity index (χ0v) is 11.8. The Bertz CT molecular complexity index is 553. The van der Waals surface area contributed by atoms with Crippen LogP contribution in [0.4, 0.5) is 26.3 Å². The highest BCUT2D eigenvalue weighted by molar-refractivity contribution is 7.98. The maximum absolute atomic E-state index is 12.3. The van der Waals surface area contributed by atoms with Crippen molar-refractivity contribution in [2.24, 2.45) is 0 Å². The number of nitrogens with zero attached hydrogens (tertiary/aromatic N) is 1. The van der Waals surface area contributed by atoms with Crippen LogP contribution >= 0.6 is 0 Å². The third kappa shape index (κ3) is 4.04. The SMILES string of the molecule is COC(C=[N+](S(=O)(=O)C(F)(F)F)S(=O)(=O)C(F)(F)F)OC. The van der Waals surface area contributed by atoms with E-state index >= 15 is 0 Å². The van der Waals surface area contributed by atoms with Crippen LogP contribution in [0.3, 0.4) is 0 Å². The van der Waals surface area contributed by atoms with Crippen LogP contribution in [0.15, 0.2) is 0 Å². The molecule has 0 unspecified atom stereocenters. The zero-order chi connectivity index (χ0) is 17.3. The van der Waals surface area contributed by atoms with Gasteiger partial charge in [0.25, 0.3) is 0 Å². The second kappa shape index (κ2) is 6.05. The maximum Gasteiger partial charge on any atom is 0.561 e. The second-order valence-electron chi connectivity index (χ2n) is 3.12. The monoisotopic (exact) mass is 368 g/mol. The van der Waals surface area contributed by atoms with Gasteiger partial charge < -0.3 is 9.47 Å². The molecule has 0 radical (unpaired) electrons. The van der Waals surface area contributed by atoms with E-state index in [1.165, 1.54) is 0 Å². The number of hydrogen-bond donors (Lipinski definition) is 0. The average molecular weight is 368 g/mol. The number of methoxy groups -OCH3 is 2. The fourth-order valence-electron chi connectivity index (χ4n) is 0.811. The molecular weight excluding hydrogens is 360 g/mol. The molecule has 15 heteroatoms. The van der Waals surface area contributed by atoms with Gasteiger partial charge in [-0.3, -0.25) is 0 Å². The summed E-state index contributed by atoms with van der Waals surface area (Å²) in [7, 11) is -12.3. The van der Waals surface area contributed by atoms with E-state index in [1.807, 2.05) is 0 Å². The van der Waals surface area contributed by atoms with Gasteiger partial charge in [0.2, 0.25) is 12.5 Å². The number of halogens is 6. The molecule has 7 nitrogen and oxygen atoms in total. The van der Waals surface area contributed by atoms with E-state index in [9.17, 15) is 43.2 Å². The van der Waals surface area contributed by atoms with Crippen molar-refractivity contribution < 1.29 is 56.0 Å². The topological polar surface area (TPSA) is 89.8 Å². The molecule has 0 aliphatic rings. The first-order valence-electron chi connectivity index (χ1n) is 4.45. The van der Waals surface area contributed by atoms with Crippen LogP contribution < -0.4 is 0 Å². The van der Waals surface area contributed by atoms with Crippen molar-refractivity contribution in [3.05, 3.63) is 0 Å². The Morgan fingerprint density at radius 3 is 1.33 bits per heavy atom. The molecule has 0 amide bonds. The van der Waals surface area contributed by atoms with Crippen molar-refractivity contribution >= 4 is 26.3 Å². The Morgan fingerprint density at radius 1 is 0.857 bits per heavy atom. The Balaban J connectivity index is 6.50. The van der Waals surface area contributed by atoms with E-state index < -0.39 is 47.0 Å². The summed E-state index contributed by atoms with van der Waals surface area (Å²) in [5.41, 5.74) is -12.6. The number of hydrogen-bond acceptors (Lipinski definition) is 6. The standard InChI is InChI=1S/C6H8F6NO6S2/c1-18-4(19-2)3-13(20(14,15)5(7,8)9)21(16,17)6(10,11)12/h3-4H,1-2H3/q+1. The summed E-state index contributed by atoms with van der Waals surface area (Å²) >= 11 is 0. The summed E-state index contributed by atoms with van der Waals surface area (Å²) in [5.74, 6) is 0. The minimum atomic E-state index is -6.88. The smallest absolute Gasteiger partial charge is 0.348 e. The van der Waals surface area contributed by atoms with Gasteiger partial charge in [0.1, 0.15) is 0 Å². The van der Waals surface area contributed by atoms with Crippen molar-refractivity contribution in [2.45, 2.75) is 17.3 Å². The van der Waals surface area contributed by atoms with Crippen LogP contribution in [-0.2, 0) is 29.5 Å². The van der Waals surface area contributed by atoms with Crippen molar-refractivity contribution in [1.29, 1.82) is 0 Å². The van der Waals surface area contributed by atoms with Gasteiger partial charge in [0, 0.05) is 17.6 Å². The van der Waals surface area contributed by atoms with Crippen molar-refractivity contribution in [3.63, 3.8) is 0 Å². The quantitative estimate of drug-likeness (QED) is 0.302. The van der Waals surface area contributed by atoms with E-state index in [1.54, 1.807) is 0 Å². The molecular formula is C6H8F6NO6S2+. The molecule has 0 aromatic carbocycles. The van der Waals surface area contributed by atoms with Gasteiger partial charge in [0.05, 0.1) is 0 Å². The van der Waals surface area contributed by atoms with E-state index in [4.69, 9.17) is 0 Å². The van der Waals surface area contributed by atoms with Crippen LogP contribution in [0.1, 0.15) is 0 Å². The first-order valence-corrected chi connectivity index (χ1v) is 7.33. The highest BCUT2D eigenvalue weighted by Crippen LogP contribution is 2.32. The number of sulfonamides is 2. The van der Waals surface area contributed by atoms with Crippen LogP contribution in [0.25, 0.3) is 0 Å². The first-order chi connectivity index (χ1) is 9.12. The maximum atomic E-state index is 12.3. The summed E-state index contributed by atoms with van der Waals surface area (Å²) in [5, 5.41) is 0. The minimum Gasteiger partial charge on any atom is -0.348 e. The molecule has 0 fully saturated rings. The van der Waals surface area contributed by atoms with E-state index in [-0.39, 0.29) is 0 Å². The van der Waals surface area contributed by atoms with Crippen LogP contribution in [-0.4, -0.2) is 58.0 Å². The fraction of sp³-hybridized carbons (Fsp3) is 0.833. The third-order valence-corrected chi connectivity index (χ3v) is 5.31. The number of ether oxygens (including phenoxy) is 2. The summed E-state index contributed by atoms with van der Waals surface area (Å²) in [6, 6.07) is 0. The molecule has 126 valence electrons.